The van der Waals surface area contributed by atoms with Gasteiger partial charge in [-0.1, -0.05) is 29.8 Å². The monoisotopic (exact) mass is 328 g/mol. The Balaban J connectivity index is 1.66. The van der Waals surface area contributed by atoms with Gasteiger partial charge in [0.2, 0.25) is 0 Å². The minimum atomic E-state index is -0.254. The molecule has 0 unspecified atom stereocenters. The second-order valence-electron chi connectivity index (χ2n) is 5.14. The van der Waals surface area contributed by atoms with E-state index in [1.54, 1.807) is 42.5 Å². The van der Waals surface area contributed by atoms with Crippen molar-refractivity contribution in [1.82, 2.24) is 10.3 Å². The van der Waals surface area contributed by atoms with Gasteiger partial charge >= 0.3 is 0 Å². The summed E-state index contributed by atoms with van der Waals surface area (Å²) in [6.07, 6.45) is 0.448. The van der Waals surface area contributed by atoms with Gasteiger partial charge in [-0.05, 0) is 48.4 Å². The van der Waals surface area contributed by atoms with Crippen molar-refractivity contribution < 1.29 is 9.18 Å². The Bertz CT molecular complexity index is 867. The summed E-state index contributed by atoms with van der Waals surface area (Å²) in [5.41, 5.74) is 1.86. The van der Waals surface area contributed by atoms with Gasteiger partial charge in [0, 0.05) is 17.5 Å². The van der Waals surface area contributed by atoms with Crippen LogP contribution in [0.4, 0.5) is 4.39 Å². The molecule has 1 N–H and O–H groups in total. The zero-order valence-electron chi connectivity index (χ0n) is 12.2. The third kappa shape index (κ3) is 3.66. The molecular formula is C18H14ClFN2O. The topological polar surface area (TPSA) is 42.0 Å². The summed E-state index contributed by atoms with van der Waals surface area (Å²) >= 11 is 5.84. The van der Waals surface area contributed by atoms with Gasteiger partial charge in [0.15, 0.2) is 0 Å². The Morgan fingerprint density at radius 1 is 1.13 bits per heavy atom. The lowest BCUT2D eigenvalue weighted by atomic mass is 10.1. The van der Waals surface area contributed by atoms with E-state index in [9.17, 15) is 9.18 Å². The Hall–Kier alpha value is -2.46. The van der Waals surface area contributed by atoms with E-state index in [0.29, 0.717) is 29.2 Å². The van der Waals surface area contributed by atoms with Crippen LogP contribution < -0.4 is 5.32 Å². The predicted molar refractivity (Wildman–Crippen MR) is 89.2 cm³/mol. The molecule has 0 radical (unpaired) electrons. The summed E-state index contributed by atoms with van der Waals surface area (Å²) in [7, 11) is 0. The first-order chi connectivity index (χ1) is 11.1. The number of aromatic nitrogens is 1. The standard InChI is InChI=1S/C18H14ClFN2O/c19-17-8-6-13-11-14(5-7-16(13)22-17)18(23)21-10-9-12-3-1-2-4-15(12)20/h1-8,11H,9-10H2,(H,21,23). The Labute approximate surface area is 138 Å². The third-order valence-corrected chi connectivity index (χ3v) is 3.77. The van der Waals surface area contributed by atoms with Gasteiger partial charge in [-0.25, -0.2) is 9.37 Å². The van der Waals surface area contributed by atoms with Crippen LogP contribution in [0.5, 0.6) is 0 Å². The molecule has 23 heavy (non-hydrogen) atoms. The lowest BCUT2D eigenvalue weighted by Crippen LogP contribution is -2.25. The van der Waals surface area contributed by atoms with Gasteiger partial charge < -0.3 is 5.32 Å². The molecule has 0 saturated carbocycles. The van der Waals surface area contributed by atoms with Crippen LogP contribution in [0.15, 0.2) is 54.6 Å². The fraction of sp³-hybridized carbons (Fsp3) is 0.111. The number of nitrogens with one attached hydrogen (secondary N) is 1. The fourth-order valence-corrected chi connectivity index (χ4v) is 2.51. The second kappa shape index (κ2) is 6.75. The maximum Gasteiger partial charge on any atom is 0.251 e. The van der Waals surface area contributed by atoms with Crippen LogP contribution in [-0.2, 0) is 6.42 Å². The number of hydrogen-bond acceptors (Lipinski definition) is 2. The van der Waals surface area contributed by atoms with Crippen molar-refractivity contribution in [3.8, 4) is 0 Å². The molecular weight excluding hydrogens is 315 g/mol. The zero-order valence-corrected chi connectivity index (χ0v) is 13.0. The maximum absolute atomic E-state index is 13.5. The number of fused-ring (bicyclic) bond motifs is 1. The molecule has 116 valence electrons. The quantitative estimate of drug-likeness (QED) is 0.735. The van der Waals surface area contributed by atoms with Gasteiger partial charge in [-0.15, -0.1) is 0 Å². The summed E-state index contributed by atoms with van der Waals surface area (Å²) < 4.78 is 13.5. The van der Waals surface area contributed by atoms with Crippen LogP contribution in [0.3, 0.4) is 0 Å². The highest BCUT2D eigenvalue weighted by Gasteiger charge is 2.07. The van der Waals surface area contributed by atoms with Crippen molar-refractivity contribution in [2.45, 2.75) is 6.42 Å². The van der Waals surface area contributed by atoms with Crippen molar-refractivity contribution in [3.63, 3.8) is 0 Å². The number of benzene rings is 2. The number of nitrogens with zero attached hydrogens (tertiary/aromatic N) is 1. The van der Waals surface area contributed by atoms with Crippen LogP contribution in [0, 0.1) is 5.82 Å². The average Bonchev–Trinajstić information content (AvgIpc) is 2.56. The number of pyridine rings is 1. The van der Waals surface area contributed by atoms with Crippen LogP contribution in [0.1, 0.15) is 15.9 Å². The number of halogens is 2. The predicted octanol–water partition coefficient (Wildman–Crippen LogP) is 4.00. The average molecular weight is 329 g/mol. The number of carbonyl (C=O) groups is 1. The molecule has 0 atom stereocenters. The molecule has 5 heteroatoms. The molecule has 0 aliphatic carbocycles. The smallest absolute Gasteiger partial charge is 0.251 e. The third-order valence-electron chi connectivity index (χ3n) is 3.56. The van der Waals surface area contributed by atoms with Crippen molar-refractivity contribution in [2.75, 3.05) is 6.54 Å². The highest BCUT2D eigenvalue weighted by molar-refractivity contribution is 6.29. The second-order valence-corrected chi connectivity index (χ2v) is 5.53. The number of hydrogen-bond donors (Lipinski definition) is 1. The first-order valence-corrected chi connectivity index (χ1v) is 7.59. The molecule has 0 aliphatic heterocycles. The summed E-state index contributed by atoms with van der Waals surface area (Å²) in [4.78, 5) is 16.4. The molecule has 1 aromatic heterocycles. The normalized spacial score (nSPS) is 10.7. The largest absolute Gasteiger partial charge is 0.352 e. The van der Waals surface area contributed by atoms with E-state index in [-0.39, 0.29) is 11.7 Å². The van der Waals surface area contributed by atoms with Crippen molar-refractivity contribution in [1.29, 1.82) is 0 Å². The van der Waals surface area contributed by atoms with E-state index in [0.717, 1.165) is 10.9 Å². The lowest BCUT2D eigenvalue weighted by molar-refractivity contribution is 0.0954. The van der Waals surface area contributed by atoms with Gasteiger partial charge in [0.25, 0.3) is 5.91 Å². The summed E-state index contributed by atoms with van der Waals surface area (Å²) in [6.45, 7) is 0.372. The molecule has 1 amide bonds. The molecule has 2 aromatic carbocycles. The molecule has 3 rings (SSSR count). The maximum atomic E-state index is 13.5. The van der Waals surface area contributed by atoms with Crippen LogP contribution >= 0.6 is 11.6 Å². The van der Waals surface area contributed by atoms with E-state index in [1.807, 2.05) is 6.07 Å². The SMILES string of the molecule is O=C(NCCc1ccccc1F)c1ccc2nc(Cl)ccc2c1. The summed E-state index contributed by atoms with van der Waals surface area (Å²) in [5, 5.41) is 4.06. The van der Waals surface area contributed by atoms with Gasteiger partial charge in [-0.2, -0.15) is 0 Å². The van der Waals surface area contributed by atoms with Crippen molar-refractivity contribution >= 4 is 28.4 Å². The molecule has 3 nitrogen and oxygen atoms in total. The van der Waals surface area contributed by atoms with Crippen molar-refractivity contribution in [3.05, 3.63) is 76.7 Å². The van der Waals surface area contributed by atoms with Gasteiger partial charge in [-0.3, -0.25) is 4.79 Å². The minimum Gasteiger partial charge on any atom is -0.352 e. The molecule has 0 aliphatic rings. The van der Waals surface area contributed by atoms with E-state index in [1.165, 1.54) is 6.07 Å². The highest BCUT2D eigenvalue weighted by atomic mass is 35.5. The van der Waals surface area contributed by atoms with Crippen LogP contribution in [0.25, 0.3) is 10.9 Å². The molecule has 0 spiro atoms. The van der Waals surface area contributed by atoms with Crippen molar-refractivity contribution in [2.24, 2.45) is 0 Å². The molecule has 0 bridgehead atoms. The van der Waals surface area contributed by atoms with Crippen LogP contribution in [0.2, 0.25) is 5.15 Å². The van der Waals surface area contributed by atoms with Gasteiger partial charge in [0.05, 0.1) is 5.52 Å². The molecule has 1 heterocycles. The van der Waals surface area contributed by atoms with E-state index < -0.39 is 0 Å². The Kier molecular flexibility index (Phi) is 4.53. The summed E-state index contributed by atoms with van der Waals surface area (Å²) in [5.74, 6) is -0.450. The minimum absolute atomic E-state index is 0.196. The Morgan fingerprint density at radius 3 is 2.78 bits per heavy atom. The number of amides is 1. The van der Waals surface area contributed by atoms with Crippen LogP contribution in [-0.4, -0.2) is 17.4 Å². The first-order valence-electron chi connectivity index (χ1n) is 7.21. The molecule has 0 fully saturated rings. The highest BCUT2D eigenvalue weighted by Crippen LogP contribution is 2.17. The van der Waals surface area contributed by atoms with E-state index >= 15 is 0 Å². The number of carbonyl (C=O) groups excluding carboxylic acids is 1. The molecule has 3 aromatic rings. The summed E-state index contributed by atoms with van der Waals surface area (Å²) in [6, 6.07) is 15.3. The lowest BCUT2D eigenvalue weighted by Gasteiger charge is -2.07. The van der Waals surface area contributed by atoms with E-state index in [4.69, 9.17) is 11.6 Å². The Morgan fingerprint density at radius 2 is 1.96 bits per heavy atom. The zero-order chi connectivity index (χ0) is 16.2. The van der Waals surface area contributed by atoms with E-state index in [2.05, 4.69) is 10.3 Å². The fourth-order valence-electron chi connectivity index (χ4n) is 2.36. The molecule has 0 saturated heterocycles. The van der Waals surface area contributed by atoms with Gasteiger partial charge in [0.1, 0.15) is 11.0 Å². The number of rotatable bonds is 4. The first kappa shape index (κ1) is 15.4.